The molecule has 0 atom stereocenters. The van der Waals surface area contributed by atoms with E-state index >= 15 is 0 Å². The summed E-state index contributed by atoms with van der Waals surface area (Å²) in [6.07, 6.45) is 1.90. The minimum Gasteiger partial charge on any atom is -0.382 e. The predicted octanol–water partition coefficient (Wildman–Crippen LogP) is 0.498. The zero-order chi connectivity index (χ0) is 13.9. The van der Waals surface area contributed by atoms with E-state index in [4.69, 9.17) is 14.2 Å². The lowest BCUT2D eigenvalue weighted by molar-refractivity contribution is 0.0255. The third-order valence-electron chi connectivity index (χ3n) is 2.88. The number of rotatable bonds is 11. The number of hydrogen-bond donors (Lipinski definition) is 1. The van der Waals surface area contributed by atoms with Gasteiger partial charge in [-0.15, -0.1) is 0 Å². The molecule has 6 heteroatoms. The highest BCUT2D eigenvalue weighted by molar-refractivity contribution is 5.15. The highest BCUT2D eigenvalue weighted by Gasteiger charge is 2.02. The van der Waals surface area contributed by atoms with Crippen molar-refractivity contribution in [3.63, 3.8) is 0 Å². The summed E-state index contributed by atoms with van der Waals surface area (Å²) in [5, 5.41) is 7.53. The van der Waals surface area contributed by atoms with Crippen LogP contribution in [0.4, 0.5) is 0 Å². The van der Waals surface area contributed by atoms with E-state index < -0.39 is 0 Å². The fourth-order valence-electron chi connectivity index (χ4n) is 1.55. The number of methoxy groups -OCH3 is 1. The second-order valence-electron chi connectivity index (χ2n) is 4.27. The minimum absolute atomic E-state index is 0.616. The molecular weight excluding hydrogens is 246 g/mol. The largest absolute Gasteiger partial charge is 0.382 e. The molecule has 19 heavy (non-hydrogen) atoms. The summed E-state index contributed by atoms with van der Waals surface area (Å²) in [6, 6.07) is 0. The molecule has 0 radical (unpaired) electrons. The van der Waals surface area contributed by atoms with E-state index in [0.717, 1.165) is 13.1 Å². The second kappa shape index (κ2) is 9.91. The van der Waals surface area contributed by atoms with E-state index in [-0.39, 0.29) is 0 Å². The van der Waals surface area contributed by atoms with Gasteiger partial charge in [0.05, 0.1) is 39.2 Å². The Hall–Kier alpha value is -0.950. The van der Waals surface area contributed by atoms with Crippen molar-refractivity contribution in [2.24, 2.45) is 7.05 Å². The lowest BCUT2D eigenvalue weighted by atomic mass is 10.2. The highest BCUT2D eigenvalue weighted by Crippen LogP contribution is 2.04. The molecule has 6 nitrogen and oxygen atoms in total. The Bertz CT molecular complexity index is 342. The summed E-state index contributed by atoms with van der Waals surface area (Å²) < 4.78 is 17.5. The van der Waals surface area contributed by atoms with Crippen molar-refractivity contribution in [2.75, 3.05) is 46.7 Å². The fourth-order valence-corrected chi connectivity index (χ4v) is 1.55. The molecule has 0 amide bonds. The van der Waals surface area contributed by atoms with Crippen molar-refractivity contribution in [1.82, 2.24) is 15.1 Å². The fraction of sp³-hybridized carbons (Fsp3) is 0.769. The number of ether oxygens (including phenoxy) is 3. The van der Waals surface area contributed by atoms with Gasteiger partial charge < -0.3 is 19.5 Å². The van der Waals surface area contributed by atoms with E-state index in [1.165, 1.54) is 11.3 Å². The summed E-state index contributed by atoms with van der Waals surface area (Å²) in [5.74, 6) is 0. The Morgan fingerprint density at radius 2 is 1.84 bits per heavy atom. The van der Waals surface area contributed by atoms with Crippen LogP contribution in [0.1, 0.15) is 11.3 Å². The van der Waals surface area contributed by atoms with Crippen LogP contribution < -0.4 is 5.32 Å². The molecule has 0 aliphatic rings. The molecule has 0 spiro atoms. The maximum atomic E-state index is 5.44. The van der Waals surface area contributed by atoms with Crippen LogP contribution in [0.25, 0.3) is 0 Å². The molecule has 1 heterocycles. The van der Waals surface area contributed by atoms with E-state index in [2.05, 4.69) is 17.3 Å². The van der Waals surface area contributed by atoms with E-state index in [1.54, 1.807) is 7.11 Å². The first kappa shape index (κ1) is 16.1. The third-order valence-corrected chi connectivity index (χ3v) is 2.88. The van der Waals surface area contributed by atoms with Crippen LogP contribution in [-0.4, -0.2) is 56.5 Å². The maximum absolute atomic E-state index is 5.44. The first-order valence-electron chi connectivity index (χ1n) is 6.58. The lowest BCUT2D eigenvalue weighted by Crippen LogP contribution is -2.20. The second-order valence-corrected chi connectivity index (χ2v) is 4.27. The van der Waals surface area contributed by atoms with Crippen molar-refractivity contribution in [1.29, 1.82) is 0 Å². The number of aromatic nitrogens is 2. The van der Waals surface area contributed by atoms with Crippen molar-refractivity contribution in [3.05, 3.63) is 17.5 Å². The summed E-state index contributed by atoms with van der Waals surface area (Å²) >= 11 is 0. The molecule has 1 rings (SSSR count). The van der Waals surface area contributed by atoms with Gasteiger partial charge in [-0.25, -0.2) is 0 Å². The molecule has 0 aromatic carbocycles. The predicted molar refractivity (Wildman–Crippen MR) is 73.2 cm³/mol. The molecule has 1 aromatic heterocycles. The van der Waals surface area contributed by atoms with Crippen LogP contribution in [0, 0.1) is 6.92 Å². The van der Waals surface area contributed by atoms with Gasteiger partial charge in [-0.05, 0) is 6.92 Å². The van der Waals surface area contributed by atoms with Crippen molar-refractivity contribution >= 4 is 0 Å². The molecule has 0 saturated heterocycles. The van der Waals surface area contributed by atoms with Gasteiger partial charge in [-0.2, -0.15) is 5.10 Å². The topological polar surface area (TPSA) is 57.5 Å². The molecule has 1 aromatic rings. The number of nitrogens with one attached hydrogen (secondary N) is 1. The lowest BCUT2D eigenvalue weighted by Gasteiger charge is -2.07. The Labute approximate surface area is 115 Å². The highest BCUT2D eigenvalue weighted by atomic mass is 16.5. The average molecular weight is 271 g/mol. The Morgan fingerprint density at radius 1 is 1.16 bits per heavy atom. The smallest absolute Gasteiger partial charge is 0.0701 e. The van der Waals surface area contributed by atoms with Crippen molar-refractivity contribution < 1.29 is 14.2 Å². The van der Waals surface area contributed by atoms with Gasteiger partial charge in [0.25, 0.3) is 0 Å². The molecule has 110 valence electrons. The van der Waals surface area contributed by atoms with Gasteiger partial charge in [0.2, 0.25) is 0 Å². The first-order valence-corrected chi connectivity index (χ1v) is 6.58. The Balaban J connectivity index is 1.90. The molecule has 0 aliphatic heterocycles. The number of hydrogen-bond acceptors (Lipinski definition) is 5. The molecular formula is C13H25N3O3. The SMILES string of the molecule is COCCOCCOCCNCc1cnn(C)c1C. The van der Waals surface area contributed by atoms with Crippen LogP contribution in [0.15, 0.2) is 6.20 Å². The number of aryl methyl sites for hydroxylation is 1. The van der Waals surface area contributed by atoms with Crippen molar-refractivity contribution in [3.8, 4) is 0 Å². The zero-order valence-corrected chi connectivity index (χ0v) is 12.1. The van der Waals surface area contributed by atoms with Gasteiger partial charge in [0, 0.05) is 38.5 Å². The van der Waals surface area contributed by atoms with Crippen LogP contribution in [0.2, 0.25) is 0 Å². The molecule has 0 fully saturated rings. The minimum atomic E-state index is 0.616. The van der Waals surface area contributed by atoms with E-state index in [9.17, 15) is 0 Å². The maximum Gasteiger partial charge on any atom is 0.0701 e. The van der Waals surface area contributed by atoms with E-state index in [0.29, 0.717) is 33.0 Å². The summed E-state index contributed by atoms with van der Waals surface area (Å²) in [7, 11) is 3.61. The molecule has 0 unspecified atom stereocenters. The van der Waals surface area contributed by atoms with Crippen LogP contribution in [0.5, 0.6) is 0 Å². The Kier molecular flexibility index (Phi) is 8.40. The summed E-state index contributed by atoms with van der Waals surface area (Å²) in [6.45, 7) is 6.90. The van der Waals surface area contributed by atoms with Gasteiger partial charge >= 0.3 is 0 Å². The molecule has 0 aliphatic carbocycles. The third kappa shape index (κ3) is 6.68. The van der Waals surface area contributed by atoms with E-state index in [1.807, 2.05) is 17.9 Å². The quantitative estimate of drug-likeness (QED) is 0.594. The average Bonchev–Trinajstić information content (AvgIpc) is 2.73. The summed E-state index contributed by atoms with van der Waals surface area (Å²) in [5.41, 5.74) is 2.42. The van der Waals surface area contributed by atoms with Gasteiger partial charge in [0.15, 0.2) is 0 Å². The monoisotopic (exact) mass is 271 g/mol. The standard InChI is InChI=1S/C13H25N3O3/c1-12-13(11-15-16(12)2)10-14-4-5-18-8-9-19-7-6-17-3/h11,14H,4-10H2,1-3H3. The normalized spacial score (nSPS) is 11.1. The number of nitrogens with zero attached hydrogens (tertiary/aromatic N) is 2. The van der Waals surface area contributed by atoms with Gasteiger partial charge in [-0.3, -0.25) is 4.68 Å². The molecule has 1 N–H and O–H groups in total. The molecule has 0 saturated carbocycles. The van der Waals surface area contributed by atoms with Gasteiger partial charge in [-0.1, -0.05) is 0 Å². The van der Waals surface area contributed by atoms with Crippen LogP contribution >= 0.6 is 0 Å². The van der Waals surface area contributed by atoms with Gasteiger partial charge in [0.1, 0.15) is 0 Å². The Morgan fingerprint density at radius 3 is 2.47 bits per heavy atom. The molecule has 0 bridgehead atoms. The zero-order valence-electron chi connectivity index (χ0n) is 12.1. The van der Waals surface area contributed by atoms with Crippen LogP contribution in [-0.2, 0) is 27.8 Å². The van der Waals surface area contributed by atoms with Crippen molar-refractivity contribution in [2.45, 2.75) is 13.5 Å². The summed E-state index contributed by atoms with van der Waals surface area (Å²) in [4.78, 5) is 0. The van der Waals surface area contributed by atoms with Crippen LogP contribution in [0.3, 0.4) is 0 Å². The first-order chi connectivity index (χ1) is 9.25.